The number of hydrogen-bond acceptors (Lipinski definition) is 6. The number of thiazole rings is 1. The van der Waals surface area contributed by atoms with Gasteiger partial charge in [-0.1, -0.05) is 11.3 Å². The van der Waals surface area contributed by atoms with Gasteiger partial charge in [0.2, 0.25) is 0 Å². The maximum Gasteiger partial charge on any atom is 0.161 e. The molecular formula is C18H13FN4OS. The van der Waals surface area contributed by atoms with Gasteiger partial charge >= 0.3 is 0 Å². The van der Waals surface area contributed by atoms with Crippen molar-refractivity contribution in [1.82, 2.24) is 15.0 Å². The first-order chi connectivity index (χ1) is 12.2. The van der Waals surface area contributed by atoms with E-state index in [2.05, 4.69) is 20.3 Å². The van der Waals surface area contributed by atoms with Crippen molar-refractivity contribution in [3.63, 3.8) is 0 Å². The summed E-state index contributed by atoms with van der Waals surface area (Å²) in [5, 5.41) is 4.01. The van der Waals surface area contributed by atoms with Gasteiger partial charge in [-0.05, 0) is 48.5 Å². The predicted molar refractivity (Wildman–Crippen MR) is 96.9 cm³/mol. The second-order valence-corrected chi connectivity index (χ2v) is 6.23. The van der Waals surface area contributed by atoms with Crippen molar-refractivity contribution in [2.75, 3.05) is 12.4 Å². The number of ether oxygens (including phenoxy) is 1. The summed E-state index contributed by atoms with van der Waals surface area (Å²) < 4.78 is 18.2. The minimum absolute atomic E-state index is 0.283. The van der Waals surface area contributed by atoms with Crippen molar-refractivity contribution in [3.05, 3.63) is 60.7 Å². The number of nitrogens with one attached hydrogen (secondary N) is 1. The molecule has 25 heavy (non-hydrogen) atoms. The molecule has 4 rings (SSSR count). The van der Waals surface area contributed by atoms with Crippen LogP contribution in [0, 0.1) is 5.82 Å². The average Bonchev–Trinajstić information content (AvgIpc) is 3.09. The van der Waals surface area contributed by atoms with Crippen LogP contribution in [-0.2, 0) is 0 Å². The summed E-state index contributed by atoms with van der Waals surface area (Å²) in [6.07, 6.45) is 1.49. The van der Waals surface area contributed by atoms with Crippen LogP contribution in [0.5, 0.6) is 5.75 Å². The first-order valence-corrected chi connectivity index (χ1v) is 8.33. The highest BCUT2D eigenvalue weighted by molar-refractivity contribution is 7.21. The van der Waals surface area contributed by atoms with Gasteiger partial charge in [0, 0.05) is 11.3 Å². The molecule has 0 aliphatic heterocycles. The summed E-state index contributed by atoms with van der Waals surface area (Å²) in [5.74, 6) is 1.10. The molecular weight excluding hydrogens is 339 g/mol. The van der Waals surface area contributed by atoms with Gasteiger partial charge in [0.15, 0.2) is 5.82 Å². The van der Waals surface area contributed by atoms with Gasteiger partial charge in [-0.2, -0.15) is 0 Å². The van der Waals surface area contributed by atoms with Crippen LogP contribution in [0.25, 0.3) is 20.9 Å². The molecule has 2 heterocycles. The van der Waals surface area contributed by atoms with Gasteiger partial charge in [-0.3, -0.25) is 0 Å². The minimum atomic E-state index is -0.283. The molecule has 0 spiro atoms. The lowest BCUT2D eigenvalue weighted by Gasteiger charge is -2.05. The third-order valence-corrected chi connectivity index (χ3v) is 4.65. The number of methoxy groups -OCH3 is 1. The van der Waals surface area contributed by atoms with Crippen LogP contribution in [-0.4, -0.2) is 22.1 Å². The topological polar surface area (TPSA) is 59.9 Å². The van der Waals surface area contributed by atoms with Gasteiger partial charge in [-0.15, -0.1) is 0 Å². The van der Waals surface area contributed by atoms with Crippen molar-refractivity contribution < 1.29 is 9.13 Å². The molecule has 0 bridgehead atoms. The number of hydrogen-bond donors (Lipinski definition) is 1. The van der Waals surface area contributed by atoms with Crippen molar-refractivity contribution in [1.29, 1.82) is 0 Å². The van der Waals surface area contributed by atoms with Gasteiger partial charge in [0.25, 0.3) is 0 Å². The molecule has 0 saturated carbocycles. The van der Waals surface area contributed by atoms with Crippen LogP contribution in [0.15, 0.2) is 54.9 Å². The summed E-state index contributed by atoms with van der Waals surface area (Å²) in [5.41, 5.74) is 2.40. The highest BCUT2D eigenvalue weighted by Gasteiger charge is 2.12. The Morgan fingerprint density at radius 1 is 1.00 bits per heavy atom. The Labute approximate surface area is 147 Å². The van der Waals surface area contributed by atoms with Crippen LogP contribution in [0.1, 0.15) is 0 Å². The molecule has 0 saturated heterocycles. The second kappa shape index (κ2) is 6.45. The molecule has 124 valence electrons. The molecule has 2 aromatic carbocycles. The monoisotopic (exact) mass is 352 g/mol. The van der Waals surface area contributed by atoms with Gasteiger partial charge in [0.05, 0.1) is 7.11 Å². The van der Waals surface area contributed by atoms with E-state index in [-0.39, 0.29) is 5.82 Å². The molecule has 0 amide bonds. The molecule has 1 N–H and O–H groups in total. The van der Waals surface area contributed by atoms with E-state index in [0.29, 0.717) is 11.3 Å². The maximum atomic E-state index is 13.1. The Morgan fingerprint density at radius 2 is 1.76 bits per heavy atom. The third kappa shape index (κ3) is 3.14. The molecule has 7 heteroatoms. The molecule has 2 aromatic heterocycles. The number of halogens is 1. The van der Waals surface area contributed by atoms with Gasteiger partial charge < -0.3 is 10.1 Å². The smallest absolute Gasteiger partial charge is 0.161 e. The molecule has 0 aliphatic rings. The summed E-state index contributed by atoms with van der Waals surface area (Å²) in [4.78, 5) is 14.0. The van der Waals surface area contributed by atoms with Crippen LogP contribution in [0.3, 0.4) is 0 Å². The summed E-state index contributed by atoms with van der Waals surface area (Å²) in [7, 11) is 1.63. The van der Waals surface area contributed by atoms with Crippen LogP contribution >= 0.6 is 11.3 Å². The SMILES string of the molecule is COc1ccc(-c2nc3c(Nc4ccc(F)cc4)ncnc3s2)cc1. The molecule has 0 fully saturated rings. The van der Waals surface area contributed by atoms with Gasteiger partial charge in [-0.25, -0.2) is 19.3 Å². The highest BCUT2D eigenvalue weighted by atomic mass is 32.1. The zero-order valence-corrected chi connectivity index (χ0v) is 14.0. The molecule has 5 nitrogen and oxygen atoms in total. The molecule has 0 radical (unpaired) electrons. The molecule has 0 atom stereocenters. The van der Waals surface area contributed by atoms with E-state index in [0.717, 1.165) is 26.8 Å². The number of nitrogens with zero attached hydrogens (tertiary/aromatic N) is 3. The number of aromatic nitrogens is 3. The van der Waals surface area contributed by atoms with Crippen LogP contribution in [0.2, 0.25) is 0 Å². The predicted octanol–water partition coefficient (Wildman–Crippen LogP) is 4.64. The standard InChI is InChI=1S/C18H13FN4OS/c1-24-14-8-2-11(3-9-14)17-23-15-16(20-10-21-18(15)25-17)22-13-6-4-12(19)5-7-13/h2-10H,1H3,(H,20,21,22). The fourth-order valence-electron chi connectivity index (χ4n) is 2.37. The van der Waals surface area contributed by atoms with E-state index in [1.165, 1.54) is 29.8 Å². The van der Waals surface area contributed by atoms with Crippen LogP contribution < -0.4 is 10.1 Å². The van der Waals surface area contributed by atoms with E-state index in [9.17, 15) is 4.39 Å². The number of benzene rings is 2. The highest BCUT2D eigenvalue weighted by Crippen LogP contribution is 2.33. The van der Waals surface area contributed by atoms with E-state index >= 15 is 0 Å². The lowest BCUT2D eigenvalue weighted by molar-refractivity contribution is 0.415. The normalized spacial score (nSPS) is 10.8. The molecule has 4 aromatic rings. The quantitative estimate of drug-likeness (QED) is 0.579. The largest absolute Gasteiger partial charge is 0.497 e. The Balaban J connectivity index is 1.71. The Morgan fingerprint density at radius 3 is 2.48 bits per heavy atom. The van der Waals surface area contributed by atoms with E-state index in [1.807, 2.05) is 24.3 Å². The van der Waals surface area contributed by atoms with E-state index in [4.69, 9.17) is 4.74 Å². The summed E-state index contributed by atoms with van der Waals surface area (Å²) >= 11 is 1.49. The number of fused-ring (bicyclic) bond motifs is 1. The van der Waals surface area contributed by atoms with Crippen molar-refractivity contribution >= 4 is 33.2 Å². The van der Waals surface area contributed by atoms with Crippen molar-refractivity contribution in [3.8, 4) is 16.3 Å². The lowest BCUT2D eigenvalue weighted by atomic mass is 10.2. The van der Waals surface area contributed by atoms with Crippen LogP contribution in [0.4, 0.5) is 15.9 Å². The fourth-order valence-corrected chi connectivity index (χ4v) is 3.29. The first-order valence-electron chi connectivity index (χ1n) is 7.51. The zero-order valence-electron chi connectivity index (χ0n) is 13.2. The Hall–Kier alpha value is -3.06. The van der Waals surface area contributed by atoms with Crippen molar-refractivity contribution in [2.24, 2.45) is 0 Å². The number of anilines is 2. The minimum Gasteiger partial charge on any atom is -0.497 e. The lowest BCUT2D eigenvalue weighted by Crippen LogP contribution is -1.95. The van der Waals surface area contributed by atoms with Gasteiger partial charge in [0.1, 0.15) is 33.2 Å². The van der Waals surface area contributed by atoms with E-state index in [1.54, 1.807) is 19.2 Å². The fraction of sp³-hybridized carbons (Fsp3) is 0.0556. The second-order valence-electron chi connectivity index (χ2n) is 5.26. The first kappa shape index (κ1) is 15.5. The molecule has 0 aliphatic carbocycles. The number of rotatable bonds is 4. The Bertz CT molecular complexity index is 1020. The average molecular weight is 352 g/mol. The van der Waals surface area contributed by atoms with Crippen molar-refractivity contribution in [2.45, 2.75) is 0 Å². The Kier molecular flexibility index (Phi) is 3.99. The summed E-state index contributed by atoms with van der Waals surface area (Å²) in [6.45, 7) is 0. The third-order valence-electron chi connectivity index (χ3n) is 3.64. The molecule has 0 unspecified atom stereocenters. The van der Waals surface area contributed by atoms with E-state index < -0.39 is 0 Å². The summed E-state index contributed by atoms with van der Waals surface area (Å²) in [6, 6.07) is 13.8. The maximum absolute atomic E-state index is 13.1. The zero-order chi connectivity index (χ0) is 17.2.